The van der Waals surface area contributed by atoms with Crippen molar-refractivity contribution in [1.82, 2.24) is 14.8 Å². The van der Waals surface area contributed by atoms with Crippen LogP contribution in [-0.4, -0.2) is 66.4 Å². The Hall–Kier alpha value is -3.96. The Morgan fingerprint density at radius 2 is 1.60 bits per heavy atom. The lowest BCUT2D eigenvalue weighted by Crippen LogP contribution is -2.44. The number of carbonyl (C=O) groups excluding carboxylic acids is 2. The fraction of sp³-hybridized carbons (Fsp3) is 0.406. The fourth-order valence-electron chi connectivity index (χ4n) is 4.60. The molecular weight excluding hydrogens is 559 g/mol. The molecular formula is C32H38F3N5O3. The van der Waals surface area contributed by atoms with Gasteiger partial charge in [-0.25, -0.2) is 4.98 Å². The first-order valence-electron chi connectivity index (χ1n) is 14.5. The van der Waals surface area contributed by atoms with E-state index < -0.39 is 17.6 Å². The van der Waals surface area contributed by atoms with Crippen LogP contribution in [0.5, 0.6) is 5.75 Å². The van der Waals surface area contributed by atoms with E-state index in [1.165, 1.54) is 12.1 Å². The zero-order valence-corrected chi connectivity index (χ0v) is 24.7. The number of nitrogens with one attached hydrogen (secondary N) is 2. The molecule has 0 unspecified atom stereocenters. The van der Waals surface area contributed by atoms with Crippen molar-refractivity contribution < 1.29 is 27.5 Å². The van der Waals surface area contributed by atoms with Gasteiger partial charge in [-0.15, -0.1) is 0 Å². The molecule has 11 heteroatoms. The second kappa shape index (κ2) is 14.5. The Balaban J connectivity index is 0.00000207. The lowest BCUT2D eigenvalue weighted by Gasteiger charge is -2.33. The average Bonchev–Trinajstić information content (AvgIpc) is 3.85. The number of ether oxygens (including phenoxy) is 1. The molecule has 5 rings (SSSR count). The van der Waals surface area contributed by atoms with Crippen LogP contribution in [0.3, 0.4) is 0 Å². The Morgan fingerprint density at radius 1 is 0.930 bits per heavy atom. The third-order valence-electron chi connectivity index (χ3n) is 7.21. The van der Waals surface area contributed by atoms with Gasteiger partial charge in [0.1, 0.15) is 11.6 Å². The van der Waals surface area contributed by atoms with Gasteiger partial charge in [0.2, 0.25) is 5.91 Å². The zero-order chi connectivity index (χ0) is 31.0. The van der Waals surface area contributed by atoms with Crippen LogP contribution < -0.4 is 15.4 Å². The van der Waals surface area contributed by atoms with E-state index in [1.54, 1.807) is 36.5 Å². The summed E-state index contributed by atoms with van der Waals surface area (Å²) in [6.45, 7) is 6.86. The minimum Gasteiger partial charge on any atom is -0.484 e. The van der Waals surface area contributed by atoms with Gasteiger partial charge in [0.25, 0.3) is 5.91 Å². The monoisotopic (exact) mass is 597 g/mol. The van der Waals surface area contributed by atoms with Crippen LogP contribution in [0.25, 0.3) is 11.1 Å². The second-order valence-corrected chi connectivity index (χ2v) is 10.5. The molecule has 3 aromatic rings. The molecule has 2 aliphatic rings. The quantitative estimate of drug-likeness (QED) is 0.319. The third kappa shape index (κ3) is 9.26. The molecule has 1 saturated carbocycles. The zero-order valence-electron chi connectivity index (χ0n) is 24.7. The van der Waals surface area contributed by atoms with Crippen LogP contribution in [-0.2, 0) is 22.3 Å². The summed E-state index contributed by atoms with van der Waals surface area (Å²) >= 11 is 0. The van der Waals surface area contributed by atoms with Crippen LogP contribution in [0.1, 0.15) is 37.8 Å². The Kier molecular flexibility index (Phi) is 10.8. The highest BCUT2D eigenvalue weighted by Gasteiger charge is 2.34. The highest BCUT2D eigenvalue weighted by atomic mass is 19.4. The van der Waals surface area contributed by atoms with Crippen molar-refractivity contribution in [2.45, 2.75) is 39.4 Å². The summed E-state index contributed by atoms with van der Waals surface area (Å²) in [5.41, 5.74) is 1.21. The van der Waals surface area contributed by atoms with Crippen LogP contribution in [0, 0.1) is 5.92 Å². The molecule has 2 aromatic carbocycles. The van der Waals surface area contributed by atoms with Gasteiger partial charge in [-0.1, -0.05) is 32.0 Å². The van der Waals surface area contributed by atoms with Gasteiger partial charge in [-0.2, -0.15) is 13.2 Å². The van der Waals surface area contributed by atoms with E-state index in [1.807, 2.05) is 31.9 Å². The van der Waals surface area contributed by atoms with Crippen molar-refractivity contribution in [2.75, 3.05) is 50.5 Å². The Bertz CT molecular complexity index is 1370. The van der Waals surface area contributed by atoms with Gasteiger partial charge >= 0.3 is 6.18 Å². The normalized spacial score (nSPS) is 15.7. The van der Waals surface area contributed by atoms with Gasteiger partial charge in [-0.3, -0.25) is 14.5 Å². The van der Waals surface area contributed by atoms with Gasteiger partial charge in [0.05, 0.1) is 5.56 Å². The molecule has 0 bridgehead atoms. The summed E-state index contributed by atoms with van der Waals surface area (Å²) in [6.07, 6.45) is -1.04. The van der Waals surface area contributed by atoms with Crippen molar-refractivity contribution >= 4 is 23.3 Å². The maximum absolute atomic E-state index is 13.8. The Morgan fingerprint density at radius 3 is 2.21 bits per heavy atom. The first kappa shape index (κ1) is 32.0. The number of carbonyl (C=O) groups is 2. The standard InChI is InChI=1S/C30H32F3N5O3.C2H6/c1-37-12-14-38(15-13-37)18-23-4-8-24(16-26(23)30(31,32)33)35-28(39)19-41-25-9-5-20(6-10-25)22-7-11-27(34-17-22)36-29(40)21-2-3-21;1-2/h4-11,16-17,21H,2-3,12-15,18-19H2,1H3,(H,35,39)(H,34,36,40);1-2H3. The van der Waals surface area contributed by atoms with E-state index in [4.69, 9.17) is 4.74 Å². The molecule has 43 heavy (non-hydrogen) atoms. The number of hydrogen-bond acceptors (Lipinski definition) is 6. The third-order valence-corrected chi connectivity index (χ3v) is 7.21. The summed E-state index contributed by atoms with van der Waals surface area (Å²) in [4.78, 5) is 32.8. The largest absolute Gasteiger partial charge is 0.484 e. The van der Waals surface area contributed by atoms with E-state index in [0.717, 1.165) is 43.1 Å². The summed E-state index contributed by atoms with van der Waals surface area (Å²) in [5.74, 6) is 0.463. The number of pyridine rings is 1. The van der Waals surface area contributed by atoms with Crippen molar-refractivity contribution in [3.05, 3.63) is 71.9 Å². The number of likely N-dealkylation sites (N-methyl/N-ethyl adjacent to an activating group) is 1. The van der Waals surface area contributed by atoms with E-state index in [2.05, 4.69) is 20.5 Å². The summed E-state index contributed by atoms with van der Waals surface area (Å²) in [7, 11) is 1.99. The number of anilines is 2. The second-order valence-electron chi connectivity index (χ2n) is 10.5. The molecule has 2 heterocycles. The maximum atomic E-state index is 13.8. The molecule has 0 spiro atoms. The van der Waals surface area contributed by atoms with Crippen molar-refractivity contribution in [2.24, 2.45) is 5.92 Å². The number of benzene rings is 2. The molecule has 1 aliphatic carbocycles. The molecule has 1 aliphatic heterocycles. The van der Waals surface area contributed by atoms with Gasteiger partial charge < -0.3 is 20.3 Å². The molecule has 2 amide bonds. The van der Waals surface area contributed by atoms with E-state index in [9.17, 15) is 22.8 Å². The Labute approximate surface area is 250 Å². The number of nitrogens with zero attached hydrogens (tertiary/aromatic N) is 3. The minimum atomic E-state index is -4.54. The maximum Gasteiger partial charge on any atom is 0.416 e. The first-order valence-corrected chi connectivity index (χ1v) is 14.5. The SMILES string of the molecule is CC.CN1CCN(Cc2ccc(NC(=O)COc3ccc(-c4ccc(NC(=O)C5CC5)nc4)cc3)cc2C(F)(F)F)CC1. The molecule has 0 atom stereocenters. The minimum absolute atomic E-state index is 0.00481. The van der Waals surface area contributed by atoms with E-state index >= 15 is 0 Å². The predicted molar refractivity (Wildman–Crippen MR) is 161 cm³/mol. The fourth-order valence-corrected chi connectivity index (χ4v) is 4.60. The number of amides is 2. The lowest BCUT2D eigenvalue weighted by molar-refractivity contribution is -0.138. The predicted octanol–water partition coefficient (Wildman–Crippen LogP) is 5.91. The van der Waals surface area contributed by atoms with Gasteiger partial charge in [0, 0.05) is 56.1 Å². The summed E-state index contributed by atoms with van der Waals surface area (Å²) < 4.78 is 47.0. The molecule has 8 nitrogen and oxygen atoms in total. The van der Waals surface area contributed by atoms with Crippen molar-refractivity contribution in [3.8, 4) is 16.9 Å². The van der Waals surface area contributed by atoms with Crippen LogP contribution >= 0.6 is 0 Å². The number of rotatable bonds is 9. The highest BCUT2D eigenvalue weighted by Crippen LogP contribution is 2.35. The first-order chi connectivity index (χ1) is 20.6. The average molecular weight is 598 g/mol. The smallest absolute Gasteiger partial charge is 0.416 e. The van der Waals surface area contributed by atoms with Crippen LogP contribution in [0.4, 0.5) is 24.7 Å². The van der Waals surface area contributed by atoms with E-state index in [0.29, 0.717) is 24.7 Å². The molecule has 230 valence electrons. The summed E-state index contributed by atoms with van der Waals surface area (Å²) in [6, 6.07) is 14.5. The highest BCUT2D eigenvalue weighted by molar-refractivity contribution is 5.93. The van der Waals surface area contributed by atoms with Crippen LogP contribution in [0.2, 0.25) is 0 Å². The molecule has 2 fully saturated rings. The van der Waals surface area contributed by atoms with Gasteiger partial charge in [0.15, 0.2) is 6.61 Å². The number of hydrogen-bond donors (Lipinski definition) is 2. The summed E-state index contributed by atoms with van der Waals surface area (Å²) in [5, 5.41) is 5.31. The molecule has 1 aromatic heterocycles. The van der Waals surface area contributed by atoms with E-state index in [-0.39, 0.29) is 36.2 Å². The van der Waals surface area contributed by atoms with Crippen molar-refractivity contribution in [1.29, 1.82) is 0 Å². The number of piperazine rings is 1. The number of aromatic nitrogens is 1. The molecule has 2 N–H and O–H groups in total. The molecule has 1 saturated heterocycles. The number of halogens is 3. The van der Waals surface area contributed by atoms with Crippen molar-refractivity contribution in [3.63, 3.8) is 0 Å². The lowest BCUT2D eigenvalue weighted by atomic mass is 10.0. The number of alkyl halides is 3. The topological polar surface area (TPSA) is 86.8 Å². The van der Waals surface area contributed by atoms with Gasteiger partial charge in [-0.05, 0) is 67.4 Å². The van der Waals surface area contributed by atoms with Crippen LogP contribution in [0.15, 0.2) is 60.8 Å². The molecule has 0 radical (unpaired) electrons.